The number of carbonyl (C=O) groups excluding carboxylic acids is 2. The van der Waals surface area contributed by atoms with Crippen LogP contribution in [0.5, 0.6) is 23.0 Å². The van der Waals surface area contributed by atoms with Crippen LogP contribution in [0.2, 0.25) is 0 Å². The quantitative estimate of drug-likeness (QED) is 0.0516. The Labute approximate surface area is 311 Å². The highest BCUT2D eigenvalue weighted by atomic mass is 19.1. The molecule has 8 nitrogen and oxygen atoms in total. The summed E-state index contributed by atoms with van der Waals surface area (Å²) in [6, 6.07) is 21.2. The summed E-state index contributed by atoms with van der Waals surface area (Å²) in [6.45, 7) is 5.24. The first-order valence-electron chi connectivity index (χ1n) is 18.1. The van der Waals surface area contributed by atoms with Gasteiger partial charge in [0.1, 0.15) is 36.3 Å². The molecule has 2 aliphatic rings. The second-order valence-corrected chi connectivity index (χ2v) is 13.6. The van der Waals surface area contributed by atoms with Crippen molar-refractivity contribution in [3.8, 4) is 23.0 Å². The summed E-state index contributed by atoms with van der Waals surface area (Å²) in [5.41, 5.74) is 1.44. The molecule has 0 amide bonds. The van der Waals surface area contributed by atoms with Crippen LogP contribution in [0, 0.1) is 35.1 Å². The zero-order valence-corrected chi connectivity index (χ0v) is 29.7. The first-order valence-corrected chi connectivity index (χ1v) is 18.1. The molecule has 2 saturated heterocycles. The van der Waals surface area contributed by atoms with Gasteiger partial charge in [0.2, 0.25) is 0 Å². The second-order valence-electron chi connectivity index (χ2n) is 13.6. The SMILES string of the molecule is O=C(/C=C\C(=O)Oc1ccc(OCCN2CCC(Cc3ccccc3F)C2)cc1F)Oc1ccc(OCCN2CCC(Cc3ccccc3F)C2)cc1F. The van der Waals surface area contributed by atoms with Gasteiger partial charge in [-0.05, 0) is 98.1 Å². The topological polar surface area (TPSA) is 77.5 Å². The molecule has 2 unspecified atom stereocenters. The molecule has 2 fully saturated rings. The summed E-state index contributed by atoms with van der Waals surface area (Å²) < 4.78 is 78.7. The minimum absolute atomic E-state index is 0.185. The van der Waals surface area contributed by atoms with Crippen molar-refractivity contribution in [2.45, 2.75) is 25.7 Å². The molecule has 0 aliphatic carbocycles. The Morgan fingerprint density at radius 1 is 0.593 bits per heavy atom. The molecular formula is C42H42F4N2O6. The standard InChI is InChI=1S/C42H42F4N2O6/c43-35-7-3-1-5-31(35)23-29-15-17-47(27-29)19-21-51-33-9-11-39(37(45)25-33)53-41(49)13-14-42(50)54-40-12-10-34(26-38(40)46)52-22-20-48-18-16-30(28-48)24-32-6-2-4-8-36(32)44/h1-14,25-26,29-30H,15-24,27-28H2/b14-13-. The number of ether oxygens (including phenoxy) is 4. The van der Waals surface area contributed by atoms with E-state index in [1.165, 1.54) is 36.4 Å². The van der Waals surface area contributed by atoms with E-state index in [2.05, 4.69) is 9.80 Å². The first kappa shape index (κ1) is 38.5. The number of nitrogens with zero attached hydrogens (tertiary/aromatic N) is 2. The molecule has 2 atom stereocenters. The molecule has 0 saturated carbocycles. The fraction of sp³-hybridized carbons (Fsp3) is 0.333. The van der Waals surface area contributed by atoms with Crippen LogP contribution in [0.25, 0.3) is 0 Å². The van der Waals surface area contributed by atoms with Crippen LogP contribution in [0.15, 0.2) is 97.1 Å². The van der Waals surface area contributed by atoms with Gasteiger partial charge in [-0.15, -0.1) is 0 Å². The molecule has 0 aromatic heterocycles. The summed E-state index contributed by atoms with van der Waals surface area (Å²) in [4.78, 5) is 29.0. The van der Waals surface area contributed by atoms with E-state index in [1.807, 2.05) is 24.3 Å². The van der Waals surface area contributed by atoms with Crippen LogP contribution in [-0.4, -0.2) is 74.2 Å². The van der Waals surface area contributed by atoms with Crippen molar-refractivity contribution in [2.24, 2.45) is 11.8 Å². The molecule has 0 bridgehead atoms. The van der Waals surface area contributed by atoms with Gasteiger partial charge in [0.05, 0.1) is 0 Å². The number of carbonyl (C=O) groups is 2. The van der Waals surface area contributed by atoms with E-state index >= 15 is 0 Å². The van der Waals surface area contributed by atoms with Gasteiger partial charge in [0.15, 0.2) is 23.1 Å². The fourth-order valence-electron chi connectivity index (χ4n) is 6.83. The molecule has 2 aliphatic heterocycles. The van der Waals surface area contributed by atoms with Crippen molar-refractivity contribution >= 4 is 11.9 Å². The van der Waals surface area contributed by atoms with E-state index < -0.39 is 23.6 Å². The van der Waals surface area contributed by atoms with Crippen molar-refractivity contribution in [1.29, 1.82) is 0 Å². The lowest BCUT2D eigenvalue weighted by atomic mass is 9.98. The van der Waals surface area contributed by atoms with E-state index in [0.29, 0.717) is 51.0 Å². The average molecular weight is 747 g/mol. The maximum atomic E-state index is 14.7. The van der Waals surface area contributed by atoms with Crippen molar-refractivity contribution in [3.05, 3.63) is 131 Å². The Morgan fingerprint density at radius 2 is 1.02 bits per heavy atom. The van der Waals surface area contributed by atoms with Crippen LogP contribution in [-0.2, 0) is 22.4 Å². The van der Waals surface area contributed by atoms with Crippen molar-refractivity contribution in [3.63, 3.8) is 0 Å². The molecule has 0 radical (unpaired) electrons. The lowest BCUT2D eigenvalue weighted by Gasteiger charge is -2.17. The van der Waals surface area contributed by atoms with Gasteiger partial charge >= 0.3 is 11.9 Å². The van der Waals surface area contributed by atoms with Gasteiger partial charge in [-0.25, -0.2) is 27.2 Å². The van der Waals surface area contributed by atoms with Crippen LogP contribution < -0.4 is 18.9 Å². The highest BCUT2D eigenvalue weighted by molar-refractivity contribution is 5.93. The number of benzene rings is 4. The number of hydrogen-bond acceptors (Lipinski definition) is 8. The van der Waals surface area contributed by atoms with E-state index in [1.54, 1.807) is 12.1 Å². The van der Waals surface area contributed by atoms with E-state index in [4.69, 9.17) is 18.9 Å². The van der Waals surface area contributed by atoms with Crippen LogP contribution in [0.1, 0.15) is 24.0 Å². The minimum atomic E-state index is -1.04. The molecule has 284 valence electrons. The van der Waals surface area contributed by atoms with E-state index in [0.717, 1.165) is 74.4 Å². The third-order valence-electron chi connectivity index (χ3n) is 9.61. The monoisotopic (exact) mass is 746 g/mol. The third kappa shape index (κ3) is 11.2. The predicted molar refractivity (Wildman–Crippen MR) is 194 cm³/mol. The van der Waals surface area contributed by atoms with E-state index in [9.17, 15) is 27.2 Å². The number of hydrogen-bond donors (Lipinski definition) is 0. The van der Waals surface area contributed by atoms with Gasteiger partial charge < -0.3 is 18.9 Å². The van der Waals surface area contributed by atoms with Crippen LogP contribution in [0.4, 0.5) is 17.6 Å². The van der Waals surface area contributed by atoms with Gasteiger partial charge in [-0.3, -0.25) is 9.80 Å². The zero-order valence-electron chi connectivity index (χ0n) is 29.7. The third-order valence-corrected chi connectivity index (χ3v) is 9.61. The van der Waals surface area contributed by atoms with Crippen LogP contribution >= 0.6 is 0 Å². The normalized spacial score (nSPS) is 17.6. The Bertz CT molecular complexity index is 1800. The van der Waals surface area contributed by atoms with Gasteiger partial charge in [0.25, 0.3) is 0 Å². The molecule has 54 heavy (non-hydrogen) atoms. The highest BCUT2D eigenvalue weighted by Gasteiger charge is 2.25. The molecule has 4 aromatic rings. The lowest BCUT2D eigenvalue weighted by molar-refractivity contribution is -0.131. The van der Waals surface area contributed by atoms with Crippen molar-refractivity contribution in [1.82, 2.24) is 9.80 Å². The van der Waals surface area contributed by atoms with Gasteiger partial charge in [-0.2, -0.15) is 0 Å². The Balaban J connectivity index is 0.871. The molecule has 0 N–H and O–H groups in total. The molecule has 0 spiro atoms. The molecule has 12 heteroatoms. The molecule has 4 aromatic carbocycles. The van der Waals surface area contributed by atoms with E-state index in [-0.39, 0.29) is 34.6 Å². The number of halogens is 4. The highest BCUT2D eigenvalue weighted by Crippen LogP contribution is 2.26. The minimum Gasteiger partial charge on any atom is -0.492 e. The smallest absolute Gasteiger partial charge is 0.336 e. The molecule has 2 heterocycles. The first-order chi connectivity index (χ1) is 26.2. The Hall–Kier alpha value is -5.20. The lowest BCUT2D eigenvalue weighted by Crippen LogP contribution is -2.26. The fourth-order valence-corrected chi connectivity index (χ4v) is 6.83. The Kier molecular flexibility index (Phi) is 13.3. The second kappa shape index (κ2) is 18.7. The van der Waals surface area contributed by atoms with Gasteiger partial charge in [-0.1, -0.05) is 36.4 Å². The molecule has 6 rings (SSSR count). The molecular weight excluding hydrogens is 704 g/mol. The van der Waals surface area contributed by atoms with Crippen LogP contribution in [0.3, 0.4) is 0 Å². The maximum Gasteiger partial charge on any atom is 0.336 e. The summed E-state index contributed by atoms with van der Waals surface area (Å²) in [5.74, 6) is -3.65. The zero-order chi connectivity index (χ0) is 37.9. The van der Waals surface area contributed by atoms with Gasteiger partial charge in [0, 0.05) is 50.5 Å². The maximum absolute atomic E-state index is 14.7. The van der Waals surface area contributed by atoms with Crippen molar-refractivity contribution < 1.29 is 46.1 Å². The number of likely N-dealkylation sites (tertiary alicyclic amines) is 2. The van der Waals surface area contributed by atoms with Crippen molar-refractivity contribution in [2.75, 3.05) is 52.5 Å². The predicted octanol–water partition coefficient (Wildman–Crippen LogP) is 7.20. The summed E-state index contributed by atoms with van der Waals surface area (Å²) in [7, 11) is 0. The Morgan fingerprint density at radius 3 is 1.43 bits per heavy atom. The average Bonchev–Trinajstić information content (AvgIpc) is 3.80. The number of esters is 2. The summed E-state index contributed by atoms with van der Waals surface area (Å²) in [6.07, 6.45) is 4.76. The summed E-state index contributed by atoms with van der Waals surface area (Å²) in [5, 5.41) is 0. The largest absolute Gasteiger partial charge is 0.492 e. The summed E-state index contributed by atoms with van der Waals surface area (Å²) >= 11 is 0. The number of rotatable bonds is 16.